The molecule has 2 heterocycles. The largest absolute Gasteiger partial charge is 0.493 e. The van der Waals surface area contributed by atoms with Crippen LogP contribution in [-0.2, 0) is 0 Å². The lowest BCUT2D eigenvalue weighted by atomic mass is 10.1. The monoisotopic (exact) mass is 412 g/mol. The van der Waals surface area contributed by atoms with Crippen LogP contribution >= 0.6 is 0 Å². The van der Waals surface area contributed by atoms with Crippen LogP contribution in [0, 0.1) is 11.8 Å². The van der Waals surface area contributed by atoms with Crippen molar-refractivity contribution < 1.29 is 29.3 Å². The van der Waals surface area contributed by atoms with Gasteiger partial charge in [0.15, 0.2) is 11.4 Å². The van der Waals surface area contributed by atoms with Gasteiger partial charge in [-0.3, -0.25) is 0 Å². The van der Waals surface area contributed by atoms with E-state index in [1.54, 1.807) is 12.1 Å². The van der Waals surface area contributed by atoms with Gasteiger partial charge < -0.3 is 19.7 Å². The first-order chi connectivity index (χ1) is 14.2. The van der Waals surface area contributed by atoms with E-state index in [1.165, 1.54) is 12.1 Å². The number of benzene rings is 1. The molecule has 30 heavy (non-hydrogen) atoms. The van der Waals surface area contributed by atoms with Crippen LogP contribution in [0.4, 0.5) is 0 Å². The molecule has 0 radical (unpaired) electrons. The van der Waals surface area contributed by atoms with E-state index in [9.17, 15) is 19.8 Å². The summed E-state index contributed by atoms with van der Waals surface area (Å²) in [5.74, 6) is -1.24. The van der Waals surface area contributed by atoms with Crippen molar-refractivity contribution in [2.45, 2.75) is 27.7 Å². The third-order valence-electron chi connectivity index (χ3n) is 4.26. The molecular formula is C22H24N2O6. The number of carboxylic acids is 2. The summed E-state index contributed by atoms with van der Waals surface area (Å²) in [4.78, 5) is 31.7. The molecule has 0 amide bonds. The van der Waals surface area contributed by atoms with Crippen LogP contribution in [-0.4, -0.2) is 45.3 Å². The Morgan fingerprint density at radius 3 is 1.47 bits per heavy atom. The Hall–Kier alpha value is -3.42. The van der Waals surface area contributed by atoms with Crippen LogP contribution in [0.3, 0.4) is 0 Å². The van der Waals surface area contributed by atoms with Crippen LogP contribution in [0.15, 0.2) is 24.3 Å². The number of pyridine rings is 2. The van der Waals surface area contributed by atoms with Gasteiger partial charge in [-0.15, -0.1) is 0 Å². The number of carbonyl (C=O) groups is 2. The summed E-state index contributed by atoms with van der Waals surface area (Å²) in [5.41, 5.74) is 0.0918. The zero-order valence-corrected chi connectivity index (χ0v) is 17.3. The molecule has 2 N–H and O–H groups in total. The van der Waals surface area contributed by atoms with Crippen molar-refractivity contribution in [1.82, 2.24) is 9.97 Å². The molecule has 8 nitrogen and oxygen atoms in total. The average molecular weight is 412 g/mol. The predicted molar refractivity (Wildman–Crippen MR) is 112 cm³/mol. The Morgan fingerprint density at radius 1 is 0.800 bits per heavy atom. The van der Waals surface area contributed by atoms with E-state index in [2.05, 4.69) is 9.97 Å². The molecule has 8 heteroatoms. The van der Waals surface area contributed by atoms with Gasteiger partial charge in [0.1, 0.15) is 22.5 Å². The van der Waals surface area contributed by atoms with E-state index >= 15 is 0 Å². The summed E-state index contributed by atoms with van der Waals surface area (Å²) in [5, 5.41) is 20.1. The lowest BCUT2D eigenvalue weighted by molar-refractivity contribution is 0.0679. The second kappa shape index (κ2) is 8.52. The molecule has 158 valence electrons. The summed E-state index contributed by atoms with van der Waals surface area (Å²) in [6, 6.07) is 6.26. The number of aromatic carboxylic acids is 2. The first kappa shape index (κ1) is 21.3. The van der Waals surface area contributed by atoms with Crippen molar-refractivity contribution in [2.24, 2.45) is 11.8 Å². The minimum absolute atomic E-state index is 0.207. The summed E-state index contributed by atoms with van der Waals surface area (Å²) in [7, 11) is 0. The highest BCUT2D eigenvalue weighted by molar-refractivity contribution is 6.09. The first-order valence-electron chi connectivity index (χ1n) is 9.68. The average Bonchev–Trinajstić information content (AvgIpc) is 2.69. The Bertz CT molecular complexity index is 1040. The molecule has 0 aliphatic carbocycles. The topological polar surface area (TPSA) is 119 Å². The van der Waals surface area contributed by atoms with Crippen LogP contribution < -0.4 is 9.47 Å². The van der Waals surface area contributed by atoms with Gasteiger partial charge in [-0.1, -0.05) is 27.7 Å². The molecule has 0 atom stereocenters. The summed E-state index contributed by atoms with van der Waals surface area (Å²) >= 11 is 0. The molecule has 0 aliphatic rings. The summed E-state index contributed by atoms with van der Waals surface area (Å²) in [6.07, 6.45) is 0. The Kier molecular flexibility index (Phi) is 6.05. The number of aromatic nitrogens is 2. The Morgan fingerprint density at radius 2 is 1.17 bits per heavy atom. The van der Waals surface area contributed by atoms with Crippen LogP contribution in [0.1, 0.15) is 48.7 Å². The van der Waals surface area contributed by atoms with E-state index in [-0.39, 0.29) is 34.3 Å². The molecule has 2 aromatic heterocycles. The maximum Gasteiger partial charge on any atom is 0.354 e. The molecule has 0 saturated heterocycles. The van der Waals surface area contributed by atoms with Gasteiger partial charge in [-0.2, -0.15) is 0 Å². The number of carboxylic acid groups (broad SMARTS) is 2. The molecule has 1 aromatic carbocycles. The normalized spacial score (nSPS) is 11.4. The van der Waals surface area contributed by atoms with Crippen LogP contribution in [0.2, 0.25) is 0 Å². The number of nitrogens with zero attached hydrogens (tertiary/aromatic N) is 2. The maximum atomic E-state index is 11.6. The fourth-order valence-electron chi connectivity index (χ4n) is 2.88. The SMILES string of the molecule is CC(C)COc1cc(C(=O)O)nc2c1ccc1c(OCC(C)C)cc(C(=O)O)nc12. The highest BCUT2D eigenvalue weighted by Crippen LogP contribution is 2.35. The fourth-order valence-corrected chi connectivity index (χ4v) is 2.88. The zero-order chi connectivity index (χ0) is 22.0. The van der Waals surface area contributed by atoms with E-state index in [1.807, 2.05) is 27.7 Å². The van der Waals surface area contributed by atoms with E-state index in [0.29, 0.717) is 35.5 Å². The number of fused-ring (bicyclic) bond motifs is 3. The smallest absolute Gasteiger partial charge is 0.354 e. The standard InChI is InChI=1S/C22H24N2O6/c1-11(2)9-29-17-7-15(21(25)26)23-19-13(17)5-6-14-18(30-10-12(3)4)8-16(22(27)28)24-20(14)19/h5-8,11-12H,9-10H2,1-4H3,(H,25,26)(H,27,28). The Balaban J connectivity index is 2.32. The van der Waals surface area contributed by atoms with Crippen molar-refractivity contribution >= 4 is 33.7 Å². The third kappa shape index (κ3) is 4.42. The maximum absolute atomic E-state index is 11.6. The highest BCUT2D eigenvalue weighted by atomic mass is 16.5. The zero-order valence-electron chi connectivity index (χ0n) is 17.3. The number of rotatable bonds is 8. The van der Waals surface area contributed by atoms with Gasteiger partial charge in [-0.05, 0) is 24.0 Å². The molecule has 0 fully saturated rings. The van der Waals surface area contributed by atoms with Crippen molar-refractivity contribution in [1.29, 1.82) is 0 Å². The van der Waals surface area contributed by atoms with Crippen molar-refractivity contribution in [2.75, 3.05) is 13.2 Å². The second-order valence-electron chi connectivity index (χ2n) is 7.89. The third-order valence-corrected chi connectivity index (χ3v) is 4.26. The molecular weight excluding hydrogens is 388 g/mol. The van der Waals surface area contributed by atoms with Crippen LogP contribution in [0.25, 0.3) is 21.8 Å². The van der Waals surface area contributed by atoms with Gasteiger partial charge in [0.25, 0.3) is 0 Å². The van der Waals surface area contributed by atoms with Gasteiger partial charge >= 0.3 is 11.9 Å². The fraction of sp³-hybridized carbons (Fsp3) is 0.364. The van der Waals surface area contributed by atoms with Crippen molar-refractivity contribution in [3.8, 4) is 11.5 Å². The van der Waals surface area contributed by atoms with E-state index in [4.69, 9.17) is 9.47 Å². The molecule has 3 rings (SSSR count). The van der Waals surface area contributed by atoms with Gasteiger partial charge in [0.2, 0.25) is 0 Å². The first-order valence-corrected chi connectivity index (χ1v) is 9.68. The Labute approximate surface area is 173 Å². The van der Waals surface area contributed by atoms with Crippen LogP contribution in [0.5, 0.6) is 11.5 Å². The lowest BCUT2D eigenvalue weighted by Crippen LogP contribution is -2.09. The van der Waals surface area contributed by atoms with Crippen molar-refractivity contribution in [3.05, 3.63) is 35.7 Å². The predicted octanol–water partition coefficient (Wildman–Crippen LogP) is 4.25. The molecule has 0 unspecified atom stereocenters. The van der Waals surface area contributed by atoms with Crippen molar-refractivity contribution in [3.63, 3.8) is 0 Å². The molecule has 0 bridgehead atoms. The quantitative estimate of drug-likeness (QED) is 0.527. The lowest BCUT2D eigenvalue weighted by Gasteiger charge is -2.15. The highest BCUT2D eigenvalue weighted by Gasteiger charge is 2.19. The number of ether oxygens (including phenoxy) is 2. The number of hydrogen-bond acceptors (Lipinski definition) is 6. The van der Waals surface area contributed by atoms with Gasteiger partial charge in [0.05, 0.1) is 13.2 Å². The minimum Gasteiger partial charge on any atom is -0.493 e. The van der Waals surface area contributed by atoms with E-state index in [0.717, 1.165) is 0 Å². The van der Waals surface area contributed by atoms with Gasteiger partial charge in [0, 0.05) is 22.9 Å². The molecule has 0 saturated carbocycles. The second-order valence-corrected chi connectivity index (χ2v) is 7.89. The summed E-state index contributed by atoms with van der Waals surface area (Å²) in [6.45, 7) is 8.71. The minimum atomic E-state index is -1.21. The molecule has 0 spiro atoms. The molecule has 3 aromatic rings. The summed E-state index contributed by atoms with van der Waals surface area (Å²) < 4.78 is 11.7. The number of hydrogen-bond donors (Lipinski definition) is 2. The molecule has 0 aliphatic heterocycles. The van der Waals surface area contributed by atoms with E-state index < -0.39 is 11.9 Å². The van der Waals surface area contributed by atoms with Gasteiger partial charge in [-0.25, -0.2) is 19.6 Å².